The maximum Gasteiger partial charge on any atom is 0.215 e. The topological polar surface area (TPSA) is 59.9 Å². The molecule has 0 bridgehead atoms. The molecule has 2 aromatic heterocycles. The Hall–Kier alpha value is -1.40. The van der Waals surface area contributed by atoms with Crippen LogP contribution in [0.15, 0.2) is 33.5 Å². The van der Waals surface area contributed by atoms with Gasteiger partial charge in [0, 0.05) is 21.3 Å². The Labute approximate surface area is 119 Å². The van der Waals surface area contributed by atoms with Gasteiger partial charge in [-0.05, 0) is 44.0 Å². The second-order valence-electron chi connectivity index (χ2n) is 3.69. The molecule has 88 valence electrons. The number of hydrogen-bond donors (Lipinski definition) is 0. The summed E-state index contributed by atoms with van der Waals surface area (Å²) in [6.45, 7) is 0. The number of aromatic nitrogens is 2. The quantitative estimate of drug-likeness (QED) is 0.613. The molecule has 18 heavy (non-hydrogen) atoms. The van der Waals surface area contributed by atoms with Crippen LogP contribution < -0.4 is 0 Å². The standard InChI is InChI=1S/C12H4Br2N2O2/c13-5-1-3-15-9-7(5)11(17)10-8(12(9)18)6(14)2-4-16-10/h1-4H. The van der Waals surface area contributed by atoms with Crippen molar-refractivity contribution in [2.45, 2.75) is 0 Å². The van der Waals surface area contributed by atoms with Gasteiger partial charge in [-0.25, -0.2) is 0 Å². The van der Waals surface area contributed by atoms with Crippen LogP contribution in [0.5, 0.6) is 0 Å². The van der Waals surface area contributed by atoms with Crippen molar-refractivity contribution in [1.29, 1.82) is 0 Å². The van der Waals surface area contributed by atoms with Crippen molar-refractivity contribution in [3.8, 4) is 0 Å². The van der Waals surface area contributed by atoms with Gasteiger partial charge in [0.05, 0.1) is 11.1 Å². The molecular weight excluding hydrogens is 364 g/mol. The summed E-state index contributed by atoms with van der Waals surface area (Å²) < 4.78 is 1.11. The van der Waals surface area contributed by atoms with Gasteiger partial charge in [0.1, 0.15) is 11.4 Å². The molecule has 2 heterocycles. The normalized spacial score (nSPS) is 13.2. The van der Waals surface area contributed by atoms with Crippen LogP contribution in [0.2, 0.25) is 0 Å². The van der Waals surface area contributed by atoms with Gasteiger partial charge in [-0.1, -0.05) is 0 Å². The molecule has 0 aromatic carbocycles. The number of carbonyl (C=O) groups is 2. The van der Waals surface area contributed by atoms with E-state index in [1.165, 1.54) is 12.4 Å². The van der Waals surface area contributed by atoms with E-state index >= 15 is 0 Å². The second-order valence-corrected chi connectivity index (χ2v) is 5.40. The van der Waals surface area contributed by atoms with Crippen molar-refractivity contribution in [2.75, 3.05) is 0 Å². The molecule has 1 aliphatic rings. The van der Waals surface area contributed by atoms with Crippen LogP contribution in [0, 0.1) is 0 Å². The van der Waals surface area contributed by atoms with Gasteiger partial charge in [-0.15, -0.1) is 0 Å². The van der Waals surface area contributed by atoms with E-state index in [1.807, 2.05) is 0 Å². The summed E-state index contributed by atoms with van der Waals surface area (Å²) in [7, 11) is 0. The average molecular weight is 368 g/mol. The molecule has 0 amide bonds. The highest BCUT2D eigenvalue weighted by Gasteiger charge is 2.34. The first-order valence-corrected chi connectivity index (χ1v) is 6.58. The van der Waals surface area contributed by atoms with E-state index in [4.69, 9.17) is 0 Å². The SMILES string of the molecule is O=C1c2nccc(Br)c2C(=O)c2nccc(Br)c21. The zero-order chi connectivity index (χ0) is 12.9. The Morgan fingerprint density at radius 2 is 1.17 bits per heavy atom. The molecular formula is C12H4Br2N2O2. The number of halogens is 2. The lowest BCUT2D eigenvalue weighted by Gasteiger charge is -2.17. The lowest BCUT2D eigenvalue weighted by Crippen LogP contribution is -2.24. The number of ketones is 2. The monoisotopic (exact) mass is 366 g/mol. The van der Waals surface area contributed by atoms with Crippen molar-refractivity contribution < 1.29 is 9.59 Å². The van der Waals surface area contributed by atoms with Gasteiger partial charge >= 0.3 is 0 Å². The first-order chi connectivity index (χ1) is 8.61. The highest BCUT2D eigenvalue weighted by Crippen LogP contribution is 2.32. The maximum atomic E-state index is 12.3. The van der Waals surface area contributed by atoms with Gasteiger partial charge in [0.15, 0.2) is 0 Å². The molecule has 0 atom stereocenters. The highest BCUT2D eigenvalue weighted by molar-refractivity contribution is 9.10. The zero-order valence-electron chi connectivity index (χ0n) is 8.78. The molecule has 1 aliphatic carbocycles. The van der Waals surface area contributed by atoms with E-state index in [1.54, 1.807) is 12.1 Å². The van der Waals surface area contributed by atoms with E-state index in [0.717, 1.165) is 0 Å². The fourth-order valence-corrected chi connectivity index (χ4v) is 2.86. The molecule has 0 fully saturated rings. The van der Waals surface area contributed by atoms with Crippen molar-refractivity contribution in [2.24, 2.45) is 0 Å². The lowest BCUT2D eigenvalue weighted by atomic mass is 9.91. The molecule has 2 aromatic rings. The van der Waals surface area contributed by atoms with Crippen molar-refractivity contribution >= 4 is 43.4 Å². The number of fused-ring (bicyclic) bond motifs is 2. The first-order valence-electron chi connectivity index (χ1n) is 4.99. The predicted octanol–water partition coefficient (Wildman–Crippen LogP) is 2.78. The summed E-state index contributed by atoms with van der Waals surface area (Å²) >= 11 is 6.54. The summed E-state index contributed by atoms with van der Waals surface area (Å²) in [5.41, 5.74) is 0.882. The van der Waals surface area contributed by atoms with Crippen LogP contribution in [-0.2, 0) is 0 Å². The number of hydrogen-bond acceptors (Lipinski definition) is 4. The third-order valence-electron chi connectivity index (χ3n) is 2.68. The Morgan fingerprint density at radius 1 is 0.778 bits per heavy atom. The van der Waals surface area contributed by atoms with E-state index in [0.29, 0.717) is 8.95 Å². The smallest absolute Gasteiger partial charge is 0.215 e. The molecule has 0 spiro atoms. The van der Waals surface area contributed by atoms with E-state index in [9.17, 15) is 9.59 Å². The van der Waals surface area contributed by atoms with Crippen LogP contribution in [0.4, 0.5) is 0 Å². The Kier molecular flexibility index (Phi) is 2.64. The first kappa shape index (κ1) is 11.7. The number of carbonyl (C=O) groups excluding carboxylic acids is 2. The average Bonchev–Trinajstić information content (AvgIpc) is 2.35. The van der Waals surface area contributed by atoms with Gasteiger partial charge in [-0.3, -0.25) is 19.6 Å². The minimum Gasteiger partial charge on any atom is -0.287 e. The number of nitrogens with zero attached hydrogens (tertiary/aromatic N) is 2. The molecule has 6 heteroatoms. The molecule has 0 N–H and O–H groups in total. The van der Waals surface area contributed by atoms with E-state index in [2.05, 4.69) is 41.8 Å². The maximum absolute atomic E-state index is 12.3. The van der Waals surface area contributed by atoms with Crippen molar-refractivity contribution in [1.82, 2.24) is 9.97 Å². The largest absolute Gasteiger partial charge is 0.287 e. The lowest BCUT2D eigenvalue weighted by molar-refractivity contribution is 0.0970. The Balaban J connectivity index is 2.40. The minimum atomic E-state index is -0.291. The summed E-state index contributed by atoms with van der Waals surface area (Å²) in [5, 5.41) is 0. The van der Waals surface area contributed by atoms with E-state index < -0.39 is 0 Å². The van der Waals surface area contributed by atoms with Crippen molar-refractivity contribution in [3.63, 3.8) is 0 Å². The summed E-state index contributed by atoms with van der Waals surface area (Å²) in [6, 6.07) is 3.26. The van der Waals surface area contributed by atoms with Gasteiger partial charge in [0.2, 0.25) is 11.6 Å². The molecule has 0 saturated carbocycles. The van der Waals surface area contributed by atoms with Crippen LogP contribution in [0.3, 0.4) is 0 Å². The molecule has 3 rings (SSSR count). The zero-order valence-corrected chi connectivity index (χ0v) is 11.9. The molecule has 4 nitrogen and oxygen atoms in total. The Morgan fingerprint density at radius 3 is 1.56 bits per heavy atom. The van der Waals surface area contributed by atoms with Gasteiger partial charge in [-0.2, -0.15) is 0 Å². The predicted molar refractivity (Wildman–Crippen MR) is 70.7 cm³/mol. The summed E-state index contributed by atoms with van der Waals surface area (Å²) in [5.74, 6) is -0.582. The van der Waals surface area contributed by atoms with Crippen LogP contribution in [-0.4, -0.2) is 21.5 Å². The van der Waals surface area contributed by atoms with Crippen LogP contribution >= 0.6 is 31.9 Å². The molecule has 0 radical (unpaired) electrons. The third kappa shape index (κ3) is 1.49. The molecule has 0 aliphatic heterocycles. The van der Waals surface area contributed by atoms with Crippen LogP contribution in [0.25, 0.3) is 0 Å². The minimum absolute atomic E-state index is 0.163. The van der Waals surface area contributed by atoms with Gasteiger partial charge in [0.25, 0.3) is 0 Å². The van der Waals surface area contributed by atoms with E-state index in [-0.39, 0.29) is 34.1 Å². The summed E-state index contributed by atoms with van der Waals surface area (Å²) in [6.07, 6.45) is 2.98. The molecule has 0 saturated heterocycles. The number of rotatable bonds is 0. The number of pyridine rings is 2. The van der Waals surface area contributed by atoms with Crippen molar-refractivity contribution in [3.05, 3.63) is 56.0 Å². The highest BCUT2D eigenvalue weighted by atomic mass is 79.9. The third-order valence-corrected chi connectivity index (χ3v) is 4.01. The fraction of sp³-hybridized carbons (Fsp3) is 0. The van der Waals surface area contributed by atoms with Gasteiger partial charge < -0.3 is 0 Å². The fourth-order valence-electron chi connectivity index (χ4n) is 1.89. The second kappa shape index (κ2) is 4.07. The molecule has 0 unspecified atom stereocenters. The van der Waals surface area contributed by atoms with Crippen LogP contribution in [0.1, 0.15) is 32.1 Å². The Bertz CT molecular complexity index is 652. The summed E-state index contributed by atoms with van der Waals surface area (Å²) in [4.78, 5) is 32.6.